The molecule has 0 aliphatic rings. The van der Waals surface area contributed by atoms with Gasteiger partial charge in [-0.25, -0.2) is 4.98 Å². The quantitative estimate of drug-likeness (QED) is 0.428. The molecule has 0 atom stereocenters. The number of benzene rings is 1. The van der Waals surface area contributed by atoms with Gasteiger partial charge in [0, 0.05) is 17.5 Å². The van der Waals surface area contributed by atoms with Crippen molar-refractivity contribution in [1.82, 2.24) is 9.88 Å². The van der Waals surface area contributed by atoms with Crippen LogP contribution in [0.1, 0.15) is 17.7 Å². The summed E-state index contributed by atoms with van der Waals surface area (Å²) in [5, 5.41) is 6.99. The molecule has 0 aliphatic carbocycles. The highest BCUT2D eigenvalue weighted by Gasteiger charge is 2.09. The number of para-hydroxylation sites is 1. The van der Waals surface area contributed by atoms with Crippen LogP contribution >= 0.6 is 11.3 Å². The van der Waals surface area contributed by atoms with E-state index in [2.05, 4.69) is 20.4 Å². The van der Waals surface area contributed by atoms with Crippen molar-refractivity contribution in [3.05, 3.63) is 34.8 Å². The molecular weight excluding hydrogens is 324 g/mol. The van der Waals surface area contributed by atoms with E-state index in [0.29, 0.717) is 18.1 Å². The number of ether oxygens (including phenoxy) is 2. The third-order valence-electron chi connectivity index (χ3n) is 3.21. The van der Waals surface area contributed by atoms with Crippen molar-refractivity contribution in [2.75, 3.05) is 39.8 Å². The zero-order chi connectivity index (χ0) is 17.4. The van der Waals surface area contributed by atoms with Crippen LogP contribution in [0.2, 0.25) is 0 Å². The van der Waals surface area contributed by atoms with Crippen molar-refractivity contribution in [2.45, 2.75) is 13.3 Å². The van der Waals surface area contributed by atoms with Gasteiger partial charge in [0.2, 0.25) is 5.13 Å². The second-order valence-electron chi connectivity index (χ2n) is 5.55. The Morgan fingerprint density at radius 3 is 2.88 bits per heavy atom. The number of anilines is 1. The van der Waals surface area contributed by atoms with Crippen LogP contribution in [-0.2, 0) is 0 Å². The van der Waals surface area contributed by atoms with Gasteiger partial charge in [-0.2, -0.15) is 5.10 Å². The molecule has 7 heteroatoms. The van der Waals surface area contributed by atoms with Gasteiger partial charge in [0.15, 0.2) is 11.5 Å². The number of hydrazone groups is 1. The van der Waals surface area contributed by atoms with E-state index in [4.69, 9.17) is 9.47 Å². The van der Waals surface area contributed by atoms with Crippen LogP contribution in [0.15, 0.2) is 28.7 Å². The average Bonchev–Trinajstić information content (AvgIpc) is 2.97. The lowest BCUT2D eigenvalue weighted by Gasteiger charge is -2.14. The molecule has 0 unspecified atom stereocenters. The highest BCUT2D eigenvalue weighted by atomic mass is 32.1. The van der Waals surface area contributed by atoms with Crippen molar-refractivity contribution in [1.29, 1.82) is 0 Å². The fraction of sp³-hybridized carbons (Fsp3) is 0.412. The summed E-state index contributed by atoms with van der Waals surface area (Å²) in [6, 6.07) is 5.75. The number of nitrogens with zero attached hydrogens (tertiary/aromatic N) is 3. The Kier molecular flexibility index (Phi) is 7.02. The van der Waals surface area contributed by atoms with Gasteiger partial charge in [-0.05, 0) is 39.6 Å². The van der Waals surface area contributed by atoms with Crippen molar-refractivity contribution >= 4 is 22.7 Å². The van der Waals surface area contributed by atoms with Crippen molar-refractivity contribution in [2.24, 2.45) is 5.10 Å². The average molecular weight is 348 g/mol. The molecule has 0 aliphatic heterocycles. The number of aryl methyl sites for hydroxylation is 1. The van der Waals surface area contributed by atoms with Crippen LogP contribution in [0.4, 0.5) is 5.13 Å². The smallest absolute Gasteiger partial charge is 0.203 e. The summed E-state index contributed by atoms with van der Waals surface area (Å²) in [6.45, 7) is 3.55. The molecule has 0 saturated heterocycles. The molecule has 0 spiro atoms. The second kappa shape index (κ2) is 9.24. The third-order valence-corrected chi connectivity index (χ3v) is 4.07. The summed E-state index contributed by atoms with van der Waals surface area (Å²) in [6.07, 6.45) is 2.67. The molecule has 130 valence electrons. The minimum atomic E-state index is 0.624. The monoisotopic (exact) mass is 348 g/mol. The Morgan fingerprint density at radius 1 is 1.38 bits per heavy atom. The van der Waals surface area contributed by atoms with E-state index in [9.17, 15) is 0 Å². The molecule has 0 fully saturated rings. The molecule has 1 heterocycles. The van der Waals surface area contributed by atoms with Crippen LogP contribution < -0.4 is 14.9 Å². The minimum Gasteiger partial charge on any atom is -0.493 e. The molecular formula is C17H24N4O2S. The van der Waals surface area contributed by atoms with Crippen LogP contribution in [0.3, 0.4) is 0 Å². The van der Waals surface area contributed by atoms with Crippen LogP contribution in [0, 0.1) is 6.92 Å². The molecule has 0 amide bonds. The lowest BCUT2D eigenvalue weighted by atomic mass is 10.2. The van der Waals surface area contributed by atoms with E-state index < -0.39 is 0 Å². The first-order valence-corrected chi connectivity index (χ1v) is 8.64. The van der Waals surface area contributed by atoms with Crippen molar-refractivity contribution in [3.8, 4) is 11.5 Å². The normalized spacial score (nSPS) is 11.2. The fourth-order valence-electron chi connectivity index (χ4n) is 2.07. The van der Waals surface area contributed by atoms with E-state index in [-0.39, 0.29) is 0 Å². The molecule has 1 aromatic carbocycles. The molecule has 6 nitrogen and oxygen atoms in total. The molecule has 0 radical (unpaired) electrons. The summed E-state index contributed by atoms with van der Waals surface area (Å²) in [7, 11) is 5.74. The molecule has 24 heavy (non-hydrogen) atoms. The summed E-state index contributed by atoms with van der Waals surface area (Å²) >= 11 is 1.52. The Morgan fingerprint density at radius 2 is 2.21 bits per heavy atom. The van der Waals surface area contributed by atoms with Gasteiger partial charge in [-0.15, -0.1) is 11.3 Å². The van der Waals surface area contributed by atoms with E-state index in [1.165, 1.54) is 11.3 Å². The number of rotatable bonds is 9. The summed E-state index contributed by atoms with van der Waals surface area (Å²) in [5.74, 6) is 1.41. The molecule has 1 aromatic heterocycles. The second-order valence-corrected chi connectivity index (χ2v) is 6.41. The van der Waals surface area contributed by atoms with Crippen molar-refractivity contribution < 1.29 is 9.47 Å². The van der Waals surface area contributed by atoms with Gasteiger partial charge in [0.1, 0.15) is 0 Å². The van der Waals surface area contributed by atoms with Gasteiger partial charge in [0.05, 0.1) is 25.6 Å². The topological polar surface area (TPSA) is 59.0 Å². The predicted molar refractivity (Wildman–Crippen MR) is 99.7 cm³/mol. The summed E-state index contributed by atoms with van der Waals surface area (Å²) in [5.41, 5.74) is 4.77. The number of hydrogen-bond donors (Lipinski definition) is 1. The van der Waals surface area contributed by atoms with Gasteiger partial charge in [-0.3, -0.25) is 5.43 Å². The number of thiazole rings is 1. The van der Waals surface area contributed by atoms with E-state index in [1.807, 2.05) is 44.6 Å². The number of methoxy groups -OCH3 is 1. The lowest BCUT2D eigenvalue weighted by molar-refractivity contribution is 0.268. The lowest BCUT2D eigenvalue weighted by Crippen LogP contribution is -2.16. The van der Waals surface area contributed by atoms with E-state index in [0.717, 1.165) is 29.4 Å². The first kappa shape index (κ1) is 18.2. The summed E-state index contributed by atoms with van der Waals surface area (Å²) < 4.78 is 11.3. The first-order valence-electron chi connectivity index (χ1n) is 7.76. The van der Waals surface area contributed by atoms with E-state index in [1.54, 1.807) is 13.3 Å². The SMILES string of the molecule is COc1cccc(C=NNc2nc(C)cs2)c1OCCCN(C)C. The standard InChI is InChI=1S/C17H24N4O2S/c1-13-12-24-17(19-13)20-18-11-14-7-5-8-15(22-4)16(14)23-10-6-9-21(2)3/h5,7-8,11-12H,6,9-10H2,1-4H3,(H,19,20). The molecule has 2 aromatic rings. The maximum absolute atomic E-state index is 5.93. The highest BCUT2D eigenvalue weighted by molar-refractivity contribution is 7.13. The number of nitrogens with one attached hydrogen (secondary N) is 1. The molecule has 2 rings (SSSR count). The zero-order valence-electron chi connectivity index (χ0n) is 14.6. The molecule has 1 N–H and O–H groups in total. The Hall–Kier alpha value is -2.12. The Labute approximate surface area is 147 Å². The van der Waals surface area contributed by atoms with Gasteiger partial charge >= 0.3 is 0 Å². The van der Waals surface area contributed by atoms with Crippen molar-refractivity contribution in [3.63, 3.8) is 0 Å². The van der Waals surface area contributed by atoms with Gasteiger partial charge in [-0.1, -0.05) is 6.07 Å². The maximum Gasteiger partial charge on any atom is 0.203 e. The Bertz CT molecular complexity index is 670. The molecule has 0 saturated carbocycles. The van der Waals surface area contributed by atoms with Crippen LogP contribution in [-0.4, -0.2) is 50.5 Å². The number of aromatic nitrogens is 1. The van der Waals surface area contributed by atoms with Crippen LogP contribution in [0.5, 0.6) is 11.5 Å². The van der Waals surface area contributed by atoms with Gasteiger partial charge < -0.3 is 14.4 Å². The predicted octanol–water partition coefficient (Wildman–Crippen LogP) is 3.24. The maximum atomic E-state index is 5.93. The van der Waals surface area contributed by atoms with Crippen LogP contribution in [0.25, 0.3) is 0 Å². The van der Waals surface area contributed by atoms with Gasteiger partial charge in [0.25, 0.3) is 0 Å². The summed E-state index contributed by atoms with van der Waals surface area (Å²) in [4.78, 5) is 6.44. The Balaban J connectivity index is 2.04. The first-order chi connectivity index (χ1) is 11.6. The molecule has 0 bridgehead atoms. The fourth-order valence-corrected chi connectivity index (χ4v) is 2.70. The zero-order valence-corrected chi connectivity index (χ0v) is 15.4. The highest BCUT2D eigenvalue weighted by Crippen LogP contribution is 2.30. The minimum absolute atomic E-state index is 0.624. The largest absolute Gasteiger partial charge is 0.493 e. The van der Waals surface area contributed by atoms with E-state index >= 15 is 0 Å². The number of hydrogen-bond acceptors (Lipinski definition) is 7. The third kappa shape index (κ3) is 5.50.